The Morgan fingerprint density at radius 3 is 2.45 bits per heavy atom. The van der Waals surface area contributed by atoms with Gasteiger partial charge in [-0.3, -0.25) is 0 Å². The highest BCUT2D eigenvalue weighted by atomic mass is 19.4. The number of carboxylic acid groups (broad SMARTS) is 1. The molecule has 1 fully saturated rings. The molecule has 0 spiro atoms. The van der Waals surface area contributed by atoms with Crippen molar-refractivity contribution in [3.05, 3.63) is 29.3 Å². The Labute approximate surface area is 126 Å². The minimum absolute atomic E-state index is 0.361. The second-order valence-corrected chi connectivity index (χ2v) is 5.17. The van der Waals surface area contributed by atoms with Gasteiger partial charge in [-0.2, -0.15) is 13.2 Å². The van der Waals surface area contributed by atoms with Crippen molar-refractivity contribution in [1.82, 2.24) is 0 Å². The SMILES string of the molecule is CC#CC1(Oc2cc(C(=O)[O-])ccc2C(F)(F)F)CCCC1. The largest absolute Gasteiger partial charge is 0.545 e. The van der Waals surface area contributed by atoms with Crippen LogP contribution in [0, 0.1) is 11.8 Å². The molecule has 1 aromatic carbocycles. The molecule has 1 aliphatic rings. The number of ether oxygens (including phenoxy) is 1. The Hall–Kier alpha value is -2.16. The van der Waals surface area contributed by atoms with E-state index in [1.807, 2.05) is 0 Å². The number of hydrogen-bond acceptors (Lipinski definition) is 3. The first kappa shape index (κ1) is 16.2. The normalized spacial score (nSPS) is 16.7. The van der Waals surface area contributed by atoms with Gasteiger partial charge in [-0.1, -0.05) is 12.0 Å². The molecule has 0 N–H and O–H groups in total. The molecule has 0 saturated heterocycles. The summed E-state index contributed by atoms with van der Waals surface area (Å²) in [7, 11) is 0. The Morgan fingerprint density at radius 1 is 1.32 bits per heavy atom. The Bertz CT molecular complexity index is 632. The zero-order valence-corrected chi connectivity index (χ0v) is 11.9. The second-order valence-electron chi connectivity index (χ2n) is 5.17. The van der Waals surface area contributed by atoms with E-state index >= 15 is 0 Å². The topological polar surface area (TPSA) is 49.4 Å². The molecule has 0 amide bonds. The highest BCUT2D eigenvalue weighted by Crippen LogP contribution is 2.41. The molecule has 1 saturated carbocycles. The number of carboxylic acids is 1. The lowest BCUT2D eigenvalue weighted by atomic mass is 10.0. The van der Waals surface area contributed by atoms with Gasteiger partial charge in [0.05, 0.1) is 11.5 Å². The maximum atomic E-state index is 13.1. The van der Waals surface area contributed by atoms with Crippen LogP contribution in [0.15, 0.2) is 18.2 Å². The third-order valence-corrected chi connectivity index (χ3v) is 3.59. The van der Waals surface area contributed by atoms with Crippen LogP contribution in [-0.4, -0.2) is 11.6 Å². The first-order valence-electron chi connectivity index (χ1n) is 6.83. The third kappa shape index (κ3) is 3.35. The monoisotopic (exact) mass is 311 g/mol. The summed E-state index contributed by atoms with van der Waals surface area (Å²) in [4.78, 5) is 10.9. The van der Waals surface area contributed by atoms with Crippen LogP contribution in [0.25, 0.3) is 0 Å². The van der Waals surface area contributed by atoms with Crippen molar-refractivity contribution in [1.29, 1.82) is 0 Å². The van der Waals surface area contributed by atoms with E-state index in [0.29, 0.717) is 18.9 Å². The summed E-state index contributed by atoms with van der Waals surface area (Å²) in [5.41, 5.74) is -2.36. The van der Waals surface area contributed by atoms with Gasteiger partial charge in [0, 0.05) is 5.56 Å². The smallest absolute Gasteiger partial charge is 0.419 e. The predicted molar refractivity (Wildman–Crippen MR) is 71.1 cm³/mol. The van der Waals surface area contributed by atoms with Gasteiger partial charge in [-0.05, 0) is 44.7 Å². The fourth-order valence-electron chi connectivity index (χ4n) is 2.60. The molecular weight excluding hydrogens is 297 g/mol. The van der Waals surface area contributed by atoms with E-state index in [4.69, 9.17) is 4.74 Å². The summed E-state index contributed by atoms with van der Waals surface area (Å²) in [6.45, 7) is 1.59. The van der Waals surface area contributed by atoms with E-state index in [2.05, 4.69) is 11.8 Å². The van der Waals surface area contributed by atoms with Crippen molar-refractivity contribution in [2.45, 2.75) is 44.4 Å². The molecule has 0 atom stereocenters. The van der Waals surface area contributed by atoms with Crippen molar-refractivity contribution < 1.29 is 27.8 Å². The number of benzene rings is 1. The first-order valence-corrected chi connectivity index (χ1v) is 6.83. The summed E-state index contributed by atoms with van der Waals surface area (Å²) < 4.78 is 44.8. The lowest BCUT2D eigenvalue weighted by Crippen LogP contribution is -2.32. The van der Waals surface area contributed by atoms with Gasteiger partial charge >= 0.3 is 6.18 Å². The molecule has 118 valence electrons. The van der Waals surface area contributed by atoms with Gasteiger partial charge in [0.2, 0.25) is 0 Å². The number of alkyl halides is 3. The Kier molecular flexibility index (Phi) is 4.36. The van der Waals surface area contributed by atoms with Crippen molar-refractivity contribution >= 4 is 5.97 Å². The molecule has 0 bridgehead atoms. The maximum Gasteiger partial charge on any atom is 0.419 e. The molecule has 6 heteroatoms. The van der Waals surface area contributed by atoms with E-state index in [0.717, 1.165) is 25.0 Å². The van der Waals surface area contributed by atoms with Crippen LogP contribution in [0.4, 0.5) is 13.2 Å². The van der Waals surface area contributed by atoms with Gasteiger partial charge < -0.3 is 14.6 Å². The van der Waals surface area contributed by atoms with Gasteiger partial charge in [0.1, 0.15) is 5.75 Å². The molecule has 0 aliphatic heterocycles. The van der Waals surface area contributed by atoms with Gasteiger partial charge in [0.25, 0.3) is 0 Å². The van der Waals surface area contributed by atoms with E-state index in [-0.39, 0.29) is 5.56 Å². The number of rotatable bonds is 3. The average Bonchev–Trinajstić information content (AvgIpc) is 2.86. The van der Waals surface area contributed by atoms with Crippen molar-refractivity contribution in [2.24, 2.45) is 0 Å². The molecule has 22 heavy (non-hydrogen) atoms. The fourth-order valence-corrected chi connectivity index (χ4v) is 2.60. The number of aromatic carboxylic acids is 1. The van der Waals surface area contributed by atoms with Crippen LogP contribution < -0.4 is 9.84 Å². The zero-order chi connectivity index (χ0) is 16.4. The molecule has 2 rings (SSSR count). The fraction of sp³-hybridized carbons (Fsp3) is 0.438. The van der Waals surface area contributed by atoms with Crippen LogP contribution in [0.1, 0.15) is 48.5 Å². The maximum absolute atomic E-state index is 13.1. The van der Waals surface area contributed by atoms with E-state index in [9.17, 15) is 23.1 Å². The van der Waals surface area contributed by atoms with Gasteiger partial charge in [0.15, 0.2) is 5.60 Å². The number of hydrogen-bond donors (Lipinski definition) is 0. The quantitative estimate of drug-likeness (QED) is 0.807. The van der Waals surface area contributed by atoms with Crippen LogP contribution in [0.3, 0.4) is 0 Å². The summed E-state index contributed by atoms with van der Waals surface area (Å²) in [6, 6.07) is 2.41. The molecule has 0 unspecified atom stereocenters. The zero-order valence-electron chi connectivity index (χ0n) is 11.9. The average molecular weight is 311 g/mol. The highest BCUT2D eigenvalue weighted by Gasteiger charge is 2.39. The Morgan fingerprint density at radius 2 is 1.95 bits per heavy atom. The summed E-state index contributed by atoms with van der Waals surface area (Å²) in [5, 5.41) is 10.9. The minimum Gasteiger partial charge on any atom is -0.545 e. The predicted octanol–water partition coefficient (Wildman–Crippen LogP) is 2.78. The summed E-state index contributed by atoms with van der Waals surface area (Å²) in [6.07, 6.45) is -2.01. The van der Waals surface area contributed by atoms with Crippen LogP contribution in [0.2, 0.25) is 0 Å². The van der Waals surface area contributed by atoms with Gasteiger partial charge in [-0.15, -0.1) is 5.92 Å². The summed E-state index contributed by atoms with van der Waals surface area (Å²) >= 11 is 0. The molecule has 0 radical (unpaired) electrons. The lowest BCUT2D eigenvalue weighted by Gasteiger charge is -2.27. The molecule has 0 heterocycles. The second kappa shape index (κ2) is 5.91. The van der Waals surface area contributed by atoms with Crippen LogP contribution >= 0.6 is 0 Å². The Balaban J connectivity index is 2.48. The minimum atomic E-state index is -4.64. The third-order valence-electron chi connectivity index (χ3n) is 3.59. The van der Waals surface area contributed by atoms with Crippen molar-refractivity contribution in [3.63, 3.8) is 0 Å². The standard InChI is InChI=1S/C16H15F3O3/c1-2-7-15(8-3-4-9-15)22-13-10-11(14(20)21)5-6-12(13)16(17,18)19/h5-6,10H,3-4,8-9H2,1H3,(H,20,21)/p-1. The number of halogens is 3. The first-order chi connectivity index (χ1) is 10.3. The lowest BCUT2D eigenvalue weighted by molar-refractivity contribution is -0.255. The molecular formula is C16H14F3O3-. The van der Waals surface area contributed by atoms with Crippen LogP contribution in [-0.2, 0) is 6.18 Å². The number of carbonyl (C=O) groups excluding carboxylic acids is 1. The summed E-state index contributed by atoms with van der Waals surface area (Å²) in [5.74, 6) is 3.44. The molecule has 3 nitrogen and oxygen atoms in total. The van der Waals surface area contributed by atoms with Crippen molar-refractivity contribution in [2.75, 3.05) is 0 Å². The van der Waals surface area contributed by atoms with E-state index in [1.165, 1.54) is 0 Å². The van der Waals surface area contributed by atoms with E-state index in [1.54, 1.807) is 6.92 Å². The molecule has 1 aliphatic carbocycles. The molecule has 1 aromatic rings. The number of carbonyl (C=O) groups is 1. The van der Waals surface area contributed by atoms with Gasteiger partial charge in [-0.25, -0.2) is 0 Å². The van der Waals surface area contributed by atoms with Crippen LogP contribution in [0.5, 0.6) is 5.75 Å². The van der Waals surface area contributed by atoms with E-state index < -0.39 is 29.1 Å². The van der Waals surface area contributed by atoms with Crippen molar-refractivity contribution in [3.8, 4) is 17.6 Å². The highest BCUT2D eigenvalue weighted by molar-refractivity contribution is 5.86. The molecule has 0 aromatic heterocycles.